The van der Waals surface area contributed by atoms with Crippen molar-refractivity contribution in [3.63, 3.8) is 0 Å². The highest BCUT2D eigenvalue weighted by atomic mass is 16.5. The zero-order valence-corrected chi connectivity index (χ0v) is 11.8. The van der Waals surface area contributed by atoms with Gasteiger partial charge in [0.1, 0.15) is 0 Å². The van der Waals surface area contributed by atoms with Crippen LogP contribution in [0.4, 0.5) is 16.2 Å². The molecule has 1 heterocycles. The number of nitrogens with one attached hydrogen (secondary N) is 2. The number of nitrogens with zero attached hydrogens (tertiary/aromatic N) is 1. The van der Waals surface area contributed by atoms with E-state index in [1.54, 1.807) is 12.1 Å². The smallest absolute Gasteiger partial charge is 0.319 e. The van der Waals surface area contributed by atoms with Gasteiger partial charge in [0.05, 0.1) is 13.2 Å². The fourth-order valence-corrected chi connectivity index (χ4v) is 2.22. The van der Waals surface area contributed by atoms with Gasteiger partial charge < -0.3 is 21.1 Å². The van der Waals surface area contributed by atoms with Crippen LogP contribution in [0, 0.1) is 0 Å². The number of urea groups is 1. The highest BCUT2D eigenvalue weighted by molar-refractivity contribution is 5.89. The molecule has 1 fully saturated rings. The molecule has 1 aromatic rings. The van der Waals surface area contributed by atoms with Gasteiger partial charge in [-0.25, -0.2) is 4.79 Å². The molecule has 1 aliphatic heterocycles. The maximum Gasteiger partial charge on any atom is 0.319 e. The molecule has 0 aromatic heterocycles. The zero-order valence-electron chi connectivity index (χ0n) is 11.8. The molecule has 0 spiro atoms. The molecule has 4 N–H and O–H groups in total. The van der Waals surface area contributed by atoms with Crippen LogP contribution in [0.2, 0.25) is 0 Å². The lowest BCUT2D eigenvalue weighted by Gasteiger charge is -2.29. The van der Waals surface area contributed by atoms with Gasteiger partial charge in [-0.05, 0) is 25.1 Å². The molecule has 2 amide bonds. The molecule has 1 unspecified atom stereocenters. The second kappa shape index (κ2) is 7.12. The fraction of sp³-hybridized carbons (Fsp3) is 0.500. The number of ether oxygens (including phenoxy) is 1. The van der Waals surface area contributed by atoms with E-state index in [1.165, 1.54) is 0 Å². The Morgan fingerprint density at radius 2 is 2.20 bits per heavy atom. The number of benzene rings is 1. The third kappa shape index (κ3) is 4.71. The lowest BCUT2D eigenvalue weighted by molar-refractivity contribution is 0.0350. The van der Waals surface area contributed by atoms with Gasteiger partial charge in [0.2, 0.25) is 0 Å². The average Bonchev–Trinajstić information content (AvgIpc) is 2.39. The van der Waals surface area contributed by atoms with E-state index in [4.69, 9.17) is 10.5 Å². The number of morpholine rings is 1. The van der Waals surface area contributed by atoms with E-state index >= 15 is 0 Å². The minimum Gasteiger partial charge on any atom is -0.399 e. The van der Waals surface area contributed by atoms with Crippen molar-refractivity contribution in [3.8, 4) is 0 Å². The molecule has 0 bridgehead atoms. The van der Waals surface area contributed by atoms with E-state index < -0.39 is 0 Å². The number of carbonyl (C=O) groups is 1. The molecule has 110 valence electrons. The molecule has 1 atom stereocenters. The SMILES string of the molecule is CC(CN1CCOCC1)NC(=O)Nc1cccc(N)c1. The maximum atomic E-state index is 11.9. The first-order chi connectivity index (χ1) is 9.63. The van der Waals surface area contributed by atoms with Crippen molar-refractivity contribution in [3.05, 3.63) is 24.3 Å². The predicted molar refractivity (Wildman–Crippen MR) is 79.7 cm³/mol. The third-order valence-corrected chi connectivity index (χ3v) is 3.16. The average molecular weight is 278 g/mol. The molecular weight excluding hydrogens is 256 g/mol. The summed E-state index contributed by atoms with van der Waals surface area (Å²) in [6, 6.07) is 6.99. The summed E-state index contributed by atoms with van der Waals surface area (Å²) in [5, 5.41) is 5.70. The van der Waals surface area contributed by atoms with Crippen LogP contribution in [0.3, 0.4) is 0 Å². The summed E-state index contributed by atoms with van der Waals surface area (Å²) >= 11 is 0. The van der Waals surface area contributed by atoms with Gasteiger partial charge in [-0.1, -0.05) is 6.07 Å². The van der Waals surface area contributed by atoms with E-state index in [9.17, 15) is 4.79 Å². The summed E-state index contributed by atoms with van der Waals surface area (Å²) in [4.78, 5) is 14.2. The Morgan fingerprint density at radius 3 is 2.90 bits per heavy atom. The highest BCUT2D eigenvalue weighted by Gasteiger charge is 2.15. The monoisotopic (exact) mass is 278 g/mol. The first-order valence-electron chi connectivity index (χ1n) is 6.86. The number of anilines is 2. The summed E-state index contributed by atoms with van der Waals surface area (Å²) in [6.45, 7) is 6.19. The Hall–Kier alpha value is -1.79. The van der Waals surface area contributed by atoms with Crippen LogP contribution in [0.25, 0.3) is 0 Å². The fourth-order valence-electron chi connectivity index (χ4n) is 2.22. The third-order valence-electron chi connectivity index (χ3n) is 3.16. The maximum absolute atomic E-state index is 11.9. The molecule has 1 aliphatic rings. The minimum atomic E-state index is -0.212. The van der Waals surface area contributed by atoms with Gasteiger partial charge in [0.15, 0.2) is 0 Å². The first-order valence-corrected chi connectivity index (χ1v) is 6.86. The van der Waals surface area contributed by atoms with Crippen molar-refractivity contribution in [2.24, 2.45) is 0 Å². The summed E-state index contributed by atoms with van der Waals surface area (Å²) in [5.41, 5.74) is 6.99. The van der Waals surface area contributed by atoms with Crippen LogP contribution in [-0.2, 0) is 4.74 Å². The standard InChI is InChI=1S/C14H22N4O2/c1-11(10-18-5-7-20-8-6-18)16-14(19)17-13-4-2-3-12(15)9-13/h2-4,9,11H,5-8,10,15H2,1H3,(H2,16,17,19). The summed E-state index contributed by atoms with van der Waals surface area (Å²) < 4.78 is 5.30. The summed E-state index contributed by atoms with van der Waals surface area (Å²) in [5.74, 6) is 0. The van der Waals surface area contributed by atoms with Crippen molar-refractivity contribution < 1.29 is 9.53 Å². The van der Waals surface area contributed by atoms with E-state index in [0.717, 1.165) is 32.8 Å². The Kier molecular flexibility index (Phi) is 5.20. The lowest BCUT2D eigenvalue weighted by Crippen LogP contribution is -2.47. The Labute approximate surface area is 119 Å². The number of nitrogens with two attached hydrogens (primary N) is 1. The van der Waals surface area contributed by atoms with E-state index in [0.29, 0.717) is 11.4 Å². The molecule has 20 heavy (non-hydrogen) atoms. The Bertz CT molecular complexity index is 447. The molecule has 0 radical (unpaired) electrons. The van der Waals surface area contributed by atoms with Gasteiger partial charge in [0, 0.05) is 37.1 Å². The largest absolute Gasteiger partial charge is 0.399 e. The van der Waals surface area contributed by atoms with Crippen LogP contribution in [0.5, 0.6) is 0 Å². The van der Waals surface area contributed by atoms with Crippen LogP contribution >= 0.6 is 0 Å². The quantitative estimate of drug-likeness (QED) is 0.721. The molecular formula is C14H22N4O2. The molecule has 1 aromatic carbocycles. The van der Waals surface area contributed by atoms with Gasteiger partial charge in [-0.2, -0.15) is 0 Å². The number of hydrogen-bond donors (Lipinski definition) is 3. The van der Waals surface area contributed by atoms with Crippen molar-refractivity contribution in [2.75, 3.05) is 43.9 Å². The Balaban J connectivity index is 1.75. The van der Waals surface area contributed by atoms with Crippen molar-refractivity contribution in [1.82, 2.24) is 10.2 Å². The Morgan fingerprint density at radius 1 is 1.45 bits per heavy atom. The second-order valence-electron chi connectivity index (χ2n) is 5.04. The van der Waals surface area contributed by atoms with Crippen LogP contribution in [-0.4, -0.2) is 49.8 Å². The van der Waals surface area contributed by atoms with Crippen LogP contribution < -0.4 is 16.4 Å². The van der Waals surface area contributed by atoms with Crippen molar-refractivity contribution in [2.45, 2.75) is 13.0 Å². The van der Waals surface area contributed by atoms with Crippen molar-refractivity contribution >= 4 is 17.4 Å². The van der Waals surface area contributed by atoms with E-state index in [2.05, 4.69) is 15.5 Å². The molecule has 6 heteroatoms. The van der Waals surface area contributed by atoms with Gasteiger partial charge in [-0.3, -0.25) is 4.90 Å². The zero-order chi connectivity index (χ0) is 14.4. The molecule has 1 saturated heterocycles. The van der Waals surface area contributed by atoms with Crippen molar-refractivity contribution in [1.29, 1.82) is 0 Å². The minimum absolute atomic E-state index is 0.0779. The number of nitrogen functional groups attached to an aromatic ring is 1. The topological polar surface area (TPSA) is 79.6 Å². The predicted octanol–water partition coefficient (Wildman–Crippen LogP) is 1.11. The lowest BCUT2D eigenvalue weighted by atomic mass is 10.3. The number of rotatable bonds is 4. The second-order valence-corrected chi connectivity index (χ2v) is 5.04. The highest BCUT2D eigenvalue weighted by Crippen LogP contribution is 2.11. The summed E-state index contributed by atoms with van der Waals surface area (Å²) in [7, 11) is 0. The molecule has 6 nitrogen and oxygen atoms in total. The van der Waals surface area contributed by atoms with Gasteiger partial charge >= 0.3 is 6.03 Å². The number of carbonyl (C=O) groups excluding carboxylic acids is 1. The molecule has 2 rings (SSSR count). The van der Waals surface area contributed by atoms with E-state index in [-0.39, 0.29) is 12.1 Å². The van der Waals surface area contributed by atoms with Gasteiger partial charge in [0.25, 0.3) is 0 Å². The molecule has 0 saturated carbocycles. The van der Waals surface area contributed by atoms with Crippen LogP contribution in [0.1, 0.15) is 6.92 Å². The number of hydrogen-bond acceptors (Lipinski definition) is 4. The van der Waals surface area contributed by atoms with Gasteiger partial charge in [-0.15, -0.1) is 0 Å². The number of amides is 2. The first kappa shape index (κ1) is 14.6. The van der Waals surface area contributed by atoms with Crippen LogP contribution in [0.15, 0.2) is 24.3 Å². The summed E-state index contributed by atoms with van der Waals surface area (Å²) in [6.07, 6.45) is 0. The normalized spacial score (nSPS) is 17.4. The molecule has 0 aliphatic carbocycles. The van der Waals surface area contributed by atoms with E-state index in [1.807, 2.05) is 19.1 Å².